The molecule has 1 amide bonds. The number of amides is 1. The van der Waals surface area contributed by atoms with Crippen LogP contribution in [0.3, 0.4) is 0 Å². The summed E-state index contributed by atoms with van der Waals surface area (Å²) < 4.78 is 0. The Labute approximate surface area is 172 Å². The average Bonchev–Trinajstić information content (AvgIpc) is 3.09. The molecule has 0 spiro atoms. The summed E-state index contributed by atoms with van der Waals surface area (Å²) in [6.45, 7) is 9.18. The number of thiazole rings is 1. The number of hydrogen-bond donors (Lipinski definition) is 1. The SMILES string of the molecule is CCCCc1nc(C)c(C(=O)NC(CN2CCN(C)CC2)c2ccccc2)s1. The van der Waals surface area contributed by atoms with E-state index in [0.29, 0.717) is 0 Å². The Morgan fingerprint density at radius 3 is 2.61 bits per heavy atom. The van der Waals surface area contributed by atoms with Gasteiger partial charge in [-0.15, -0.1) is 11.3 Å². The van der Waals surface area contributed by atoms with Crippen molar-refractivity contribution in [1.82, 2.24) is 20.1 Å². The summed E-state index contributed by atoms with van der Waals surface area (Å²) >= 11 is 1.55. The molecule has 2 aromatic rings. The number of carbonyl (C=O) groups excluding carboxylic acids is 1. The van der Waals surface area contributed by atoms with Gasteiger partial charge in [0.25, 0.3) is 5.91 Å². The van der Waals surface area contributed by atoms with E-state index in [9.17, 15) is 4.79 Å². The van der Waals surface area contributed by atoms with Crippen LogP contribution >= 0.6 is 11.3 Å². The van der Waals surface area contributed by atoms with Crippen molar-refractivity contribution in [2.45, 2.75) is 39.2 Å². The zero-order valence-electron chi connectivity index (χ0n) is 17.3. The highest BCUT2D eigenvalue weighted by Crippen LogP contribution is 2.22. The van der Waals surface area contributed by atoms with E-state index in [-0.39, 0.29) is 11.9 Å². The summed E-state index contributed by atoms with van der Waals surface area (Å²) in [6, 6.07) is 10.3. The lowest BCUT2D eigenvalue weighted by molar-refractivity contribution is 0.0910. The van der Waals surface area contributed by atoms with Crippen molar-refractivity contribution in [3.05, 3.63) is 51.5 Å². The Kier molecular flexibility index (Phi) is 7.59. The van der Waals surface area contributed by atoms with Gasteiger partial charge in [-0.1, -0.05) is 43.7 Å². The van der Waals surface area contributed by atoms with Gasteiger partial charge in [0.2, 0.25) is 0 Å². The van der Waals surface area contributed by atoms with Gasteiger partial charge in [0, 0.05) is 32.7 Å². The summed E-state index contributed by atoms with van der Waals surface area (Å²) in [5.41, 5.74) is 2.00. The number of likely N-dealkylation sites (N-methyl/N-ethyl adjacent to an activating group) is 1. The smallest absolute Gasteiger partial charge is 0.263 e. The molecule has 1 saturated heterocycles. The predicted molar refractivity (Wildman–Crippen MR) is 116 cm³/mol. The van der Waals surface area contributed by atoms with Gasteiger partial charge in [-0.25, -0.2) is 4.98 Å². The van der Waals surface area contributed by atoms with E-state index >= 15 is 0 Å². The minimum atomic E-state index is -0.0160. The minimum absolute atomic E-state index is 0.000675. The quantitative estimate of drug-likeness (QED) is 0.737. The zero-order chi connectivity index (χ0) is 19.9. The zero-order valence-corrected chi connectivity index (χ0v) is 18.1. The Morgan fingerprint density at radius 2 is 1.93 bits per heavy atom. The molecule has 5 nitrogen and oxygen atoms in total. The maximum atomic E-state index is 13.1. The molecule has 0 bridgehead atoms. The largest absolute Gasteiger partial charge is 0.343 e. The van der Waals surface area contributed by atoms with Gasteiger partial charge in [0.05, 0.1) is 16.7 Å². The summed E-state index contributed by atoms with van der Waals surface area (Å²) in [5, 5.41) is 4.36. The molecule has 0 saturated carbocycles. The molecule has 28 heavy (non-hydrogen) atoms. The molecule has 0 aliphatic carbocycles. The number of aryl methyl sites for hydroxylation is 2. The number of benzene rings is 1. The van der Waals surface area contributed by atoms with Gasteiger partial charge < -0.3 is 10.2 Å². The average molecular weight is 401 g/mol. The molecular formula is C22H32N4OS. The normalized spacial score (nSPS) is 16.8. The first-order valence-electron chi connectivity index (χ1n) is 10.3. The van der Waals surface area contributed by atoms with Crippen LogP contribution < -0.4 is 5.32 Å². The number of nitrogens with zero attached hydrogens (tertiary/aromatic N) is 3. The van der Waals surface area contributed by atoms with E-state index < -0.39 is 0 Å². The summed E-state index contributed by atoms with van der Waals surface area (Å²) in [6.07, 6.45) is 3.21. The number of rotatable bonds is 8. The Hall–Kier alpha value is -1.76. The predicted octanol–water partition coefficient (Wildman–Crippen LogP) is 3.51. The van der Waals surface area contributed by atoms with Gasteiger partial charge in [0.1, 0.15) is 4.88 Å². The molecule has 1 aliphatic rings. The second-order valence-corrected chi connectivity index (χ2v) is 8.75. The van der Waals surface area contributed by atoms with E-state index in [4.69, 9.17) is 0 Å². The maximum absolute atomic E-state index is 13.1. The van der Waals surface area contributed by atoms with Gasteiger partial charge in [-0.2, -0.15) is 0 Å². The fourth-order valence-electron chi connectivity index (χ4n) is 3.53. The van der Waals surface area contributed by atoms with Crippen LogP contribution in [0.25, 0.3) is 0 Å². The van der Waals surface area contributed by atoms with Crippen LogP contribution in [0.2, 0.25) is 0 Å². The van der Waals surface area contributed by atoms with E-state index in [1.165, 1.54) is 0 Å². The second kappa shape index (κ2) is 10.1. The Balaban J connectivity index is 1.72. The van der Waals surface area contributed by atoms with Crippen LogP contribution in [-0.4, -0.2) is 60.5 Å². The summed E-state index contributed by atoms with van der Waals surface area (Å²) in [5.74, 6) is 0.000675. The van der Waals surface area contributed by atoms with Gasteiger partial charge in [-0.05, 0) is 32.4 Å². The van der Waals surface area contributed by atoms with Crippen molar-refractivity contribution in [3.63, 3.8) is 0 Å². The highest BCUT2D eigenvalue weighted by molar-refractivity contribution is 7.13. The van der Waals surface area contributed by atoms with Gasteiger partial charge >= 0.3 is 0 Å². The monoisotopic (exact) mass is 400 g/mol. The highest BCUT2D eigenvalue weighted by Gasteiger charge is 2.23. The molecule has 1 aliphatic heterocycles. The van der Waals surface area contributed by atoms with E-state index in [2.05, 4.69) is 46.2 Å². The lowest BCUT2D eigenvalue weighted by atomic mass is 10.1. The molecule has 0 radical (unpaired) electrons. The topological polar surface area (TPSA) is 48.5 Å². The standard InChI is InChI=1S/C22H32N4OS/c1-4-5-11-20-23-17(2)21(28-20)22(27)24-19(18-9-7-6-8-10-18)16-26-14-12-25(3)13-15-26/h6-10,19H,4-5,11-16H2,1-3H3,(H,24,27). The number of nitrogens with one attached hydrogen (secondary N) is 1. The van der Waals surface area contributed by atoms with Crippen molar-refractivity contribution in [2.75, 3.05) is 39.8 Å². The third-order valence-corrected chi connectivity index (χ3v) is 6.55. The van der Waals surface area contributed by atoms with Crippen molar-refractivity contribution in [2.24, 2.45) is 0 Å². The highest BCUT2D eigenvalue weighted by atomic mass is 32.1. The van der Waals surface area contributed by atoms with Crippen LogP contribution in [0, 0.1) is 6.92 Å². The molecular weight excluding hydrogens is 368 g/mol. The molecule has 1 unspecified atom stereocenters. The van der Waals surface area contributed by atoms with Crippen molar-refractivity contribution in [3.8, 4) is 0 Å². The van der Waals surface area contributed by atoms with Crippen molar-refractivity contribution >= 4 is 17.2 Å². The summed E-state index contributed by atoms with van der Waals surface area (Å²) in [7, 11) is 2.16. The van der Waals surface area contributed by atoms with E-state index in [1.807, 2.05) is 25.1 Å². The third-order valence-electron chi connectivity index (χ3n) is 5.34. The molecule has 3 rings (SSSR count). The molecule has 1 aromatic carbocycles. The lowest BCUT2D eigenvalue weighted by Crippen LogP contribution is -2.47. The molecule has 1 N–H and O–H groups in total. The van der Waals surface area contributed by atoms with Crippen LogP contribution in [0.1, 0.15) is 51.7 Å². The summed E-state index contributed by atoms with van der Waals surface area (Å²) in [4.78, 5) is 23.2. The van der Waals surface area contributed by atoms with Gasteiger partial charge in [0.15, 0.2) is 0 Å². The van der Waals surface area contributed by atoms with Crippen LogP contribution in [0.4, 0.5) is 0 Å². The molecule has 6 heteroatoms. The molecule has 1 fully saturated rings. The van der Waals surface area contributed by atoms with Crippen LogP contribution in [-0.2, 0) is 6.42 Å². The maximum Gasteiger partial charge on any atom is 0.263 e. The molecule has 1 aromatic heterocycles. The Bertz CT molecular complexity index is 753. The molecule has 1 atom stereocenters. The van der Waals surface area contributed by atoms with Crippen LogP contribution in [0.15, 0.2) is 30.3 Å². The first kappa shape index (κ1) is 21.0. The number of carbonyl (C=O) groups is 1. The minimum Gasteiger partial charge on any atom is -0.343 e. The third kappa shape index (κ3) is 5.63. The van der Waals surface area contributed by atoms with Crippen molar-refractivity contribution < 1.29 is 4.79 Å². The van der Waals surface area contributed by atoms with Gasteiger partial charge in [-0.3, -0.25) is 9.69 Å². The molecule has 2 heterocycles. The first-order valence-corrected chi connectivity index (χ1v) is 11.1. The Morgan fingerprint density at radius 1 is 1.21 bits per heavy atom. The van der Waals surface area contributed by atoms with E-state index in [0.717, 1.165) is 73.1 Å². The van der Waals surface area contributed by atoms with Crippen LogP contribution in [0.5, 0.6) is 0 Å². The number of aromatic nitrogens is 1. The number of unbranched alkanes of at least 4 members (excludes halogenated alkanes) is 1. The van der Waals surface area contributed by atoms with Crippen molar-refractivity contribution in [1.29, 1.82) is 0 Å². The molecule has 152 valence electrons. The fourth-order valence-corrected chi connectivity index (χ4v) is 4.54. The second-order valence-electron chi connectivity index (χ2n) is 7.67. The lowest BCUT2D eigenvalue weighted by Gasteiger charge is -2.35. The number of piperazine rings is 1. The number of hydrogen-bond acceptors (Lipinski definition) is 5. The fraction of sp³-hybridized carbons (Fsp3) is 0.545. The first-order chi connectivity index (χ1) is 13.6. The van der Waals surface area contributed by atoms with E-state index in [1.54, 1.807) is 11.3 Å².